The van der Waals surface area contributed by atoms with Crippen LogP contribution in [0, 0.1) is 17.2 Å². The molecule has 1 aromatic carbocycles. The predicted octanol–water partition coefficient (Wildman–Crippen LogP) is 3.53. The fraction of sp³-hybridized carbons (Fsp3) is 0.611. The van der Waals surface area contributed by atoms with Gasteiger partial charge in [0.15, 0.2) is 0 Å². The van der Waals surface area contributed by atoms with Crippen LogP contribution in [0.1, 0.15) is 55.6 Å². The summed E-state index contributed by atoms with van der Waals surface area (Å²) >= 11 is 0. The maximum absolute atomic E-state index is 8.84. The molecule has 21 heavy (non-hydrogen) atoms. The maximum Gasteiger partial charge on any atom is 0.123 e. The van der Waals surface area contributed by atoms with Crippen LogP contribution in [0.5, 0.6) is 5.75 Å². The molecule has 0 aromatic heterocycles. The molecule has 3 atom stereocenters. The Bertz CT molecular complexity index is 535. The van der Waals surface area contributed by atoms with E-state index >= 15 is 0 Å². The van der Waals surface area contributed by atoms with Gasteiger partial charge < -0.3 is 10.5 Å². The summed E-state index contributed by atoms with van der Waals surface area (Å²) in [6.07, 6.45) is 8.61. The summed E-state index contributed by atoms with van der Waals surface area (Å²) in [5.74, 6) is 2.37. The quantitative estimate of drug-likeness (QED) is 0.903. The van der Waals surface area contributed by atoms with Crippen molar-refractivity contribution in [1.82, 2.24) is 0 Å². The van der Waals surface area contributed by atoms with Crippen LogP contribution in [0.15, 0.2) is 18.2 Å². The first-order valence-corrected chi connectivity index (χ1v) is 8.19. The molecule has 1 aliphatic carbocycles. The molecule has 0 spiro atoms. The zero-order valence-corrected chi connectivity index (χ0v) is 12.6. The van der Waals surface area contributed by atoms with Crippen molar-refractivity contribution >= 4 is 0 Å². The average molecular weight is 284 g/mol. The molecule has 3 rings (SSSR count). The lowest BCUT2D eigenvalue weighted by atomic mass is 9.76. The highest BCUT2D eigenvalue weighted by Crippen LogP contribution is 2.43. The van der Waals surface area contributed by atoms with Crippen LogP contribution in [0.2, 0.25) is 0 Å². The first-order chi connectivity index (χ1) is 10.3. The van der Waals surface area contributed by atoms with Crippen LogP contribution in [-0.2, 0) is 6.42 Å². The third-order valence-corrected chi connectivity index (χ3v) is 4.96. The zero-order valence-electron chi connectivity index (χ0n) is 12.6. The molecular weight excluding hydrogens is 260 g/mol. The number of ether oxygens (including phenoxy) is 1. The molecule has 3 unspecified atom stereocenters. The van der Waals surface area contributed by atoms with Gasteiger partial charge in [-0.3, -0.25) is 0 Å². The fourth-order valence-electron chi connectivity index (χ4n) is 3.80. The van der Waals surface area contributed by atoms with Gasteiger partial charge in [0.1, 0.15) is 5.75 Å². The molecule has 1 aliphatic heterocycles. The van der Waals surface area contributed by atoms with Gasteiger partial charge >= 0.3 is 0 Å². The number of hydrogen-bond acceptors (Lipinski definition) is 3. The standard InChI is InChI=1S/C18H24N2O/c19-11-15(20)9-13-7-8-17-16-6-4-2-1-3-5-14(16)12-21-18(17)10-13/h7-8,10,14-16H,1-6,9,12,20H2. The zero-order chi connectivity index (χ0) is 14.7. The Morgan fingerprint density at radius 3 is 2.86 bits per heavy atom. The number of nitrogens with zero attached hydrogens (tertiary/aromatic N) is 1. The molecular formula is C18H24N2O. The lowest BCUT2D eigenvalue weighted by Crippen LogP contribution is -2.27. The molecule has 2 N–H and O–H groups in total. The van der Waals surface area contributed by atoms with Crippen LogP contribution >= 0.6 is 0 Å². The molecule has 0 amide bonds. The monoisotopic (exact) mass is 284 g/mol. The number of nitriles is 1. The normalized spacial score (nSPS) is 26.3. The number of hydrogen-bond donors (Lipinski definition) is 1. The van der Waals surface area contributed by atoms with E-state index in [0.717, 1.165) is 17.9 Å². The van der Waals surface area contributed by atoms with E-state index in [2.05, 4.69) is 24.3 Å². The number of benzene rings is 1. The Morgan fingerprint density at radius 2 is 2.05 bits per heavy atom. The van der Waals surface area contributed by atoms with Gasteiger partial charge in [0, 0.05) is 6.42 Å². The minimum atomic E-state index is -0.430. The van der Waals surface area contributed by atoms with Crippen molar-refractivity contribution < 1.29 is 4.74 Å². The Labute approximate surface area is 127 Å². The van der Waals surface area contributed by atoms with E-state index in [-0.39, 0.29) is 0 Å². The van der Waals surface area contributed by atoms with Gasteiger partial charge in [-0.2, -0.15) is 5.26 Å². The third kappa shape index (κ3) is 3.22. The summed E-state index contributed by atoms with van der Waals surface area (Å²) in [5.41, 5.74) is 8.20. The van der Waals surface area contributed by atoms with Gasteiger partial charge in [-0.05, 0) is 41.9 Å². The highest BCUT2D eigenvalue weighted by atomic mass is 16.5. The van der Waals surface area contributed by atoms with E-state index in [0.29, 0.717) is 18.3 Å². The molecule has 1 fully saturated rings. The predicted molar refractivity (Wildman–Crippen MR) is 83.2 cm³/mol. The molecule has 112 valence electrons. The number of fused-ring (bicyclic) bond motifs is 3. The molecule has 1 aromatic rings. The average Bonchev–Trinajstić information content (AvgIpc) is 2.47. The summed E-state index contributed by atoms with van der Waals surface area (Å²) in [6, 6.07) is 8.10. The third-order valence-electron chi connectivity index (χ3n) is 4.96. The fourth-order valence-corrected chi connectivity index (χ4v) is 3.80. The minimum absolute atomic E-state index is 0.430. The van der Waals surface area contributed by atoms with Gasteiger partial charge in [0.25, 0.3) is 0 Å². The summed E-state index contributed by atoms with van der Waals surface area (Å²) < 4.78 is 6.02. The molecule has 1 heterocycles. The Kier molecular flexibility index (Phi) is 4.45. The largest absolute Gasteiger partial charge is 0.493 e. The second-order valence-corrected chi connectivity index (χ2v) is 6.48. The van der Waals surface area contributed by atoms with E-state index < -0.39 is 6.04 Å². The molecule has 3 heteroatoms. The second kappa shape index (κ2) is 6.49. The van der Waals surface area contributed by atoms with Gasteiger partial charge in [0.05, 0.1) is 18.7 Å². The summed E-state index contributed by atoms with van der Waals surface area (Å²) in [7, 11) is 0. The van der Waals surface area contributed by atoms with Crippen LogP contribution < -0.4 is 10.5 Å². The summed E-state index contributed by atoms with van der Waals surface area (Å²) in [4.78, 5) is 0. The van der Waals surface area contributed by atoms with Crippen molar-refractivity contribution in [2.75, 3.05) is 6.61 Å². The molecule has 0 radical (unpaired) electrons. The Balaban J connectivity index is 1.82. The van der Waals surface area contributed by atoms with Gasteiger partial charge in [-0.15, -0.1) is 0 Å². The van der Waals surface area contributed by atoms with Crippen molar-refractivity contribution in [1.29, 1.82) is 5.26 Å². The Hall–Kier alpha value is -1.53. The molecule has 2 aliphatic rings. The van der Waals surface area contributed by atoms with E-state index in [1.165, 1.54) is 44.1 Å². The first-order valence-electron chi connectivity index (χ1n) is 8.19. The molecule has 1 saturated carbocycles. The highest BCUT2D eigenvalue weighted by Gasteiger charge is 2.31. The van der Waals surface area contributed by atoms with Crippen molar-refractivity contribution in [3.8, 4) is 11.8 Å². The molecule has 0 saturated heterocycles. The van der Waals surface area contributed by atoms with Crippen LogP contribution in [0.3, 0.4) is 0 Å². The van der Waals surface area contributed by atoms with E-state index in [4.69, 9.17) is 15.7 Å². The van der Waals surface area contributed by atoms with E-state index in [1.54, 1.807) is 0 Å². The minimum Gasteiger partial charge on any atom is -0.493 e. The number of rotatable bonds is 2. The topological polar surface area (TPSA) is 59.0 Å². The summed E-state index contributed by atoms with van der Waals surface area (Å²) in [5, 5.41) is 8.84. The summed E-state index contributed by atoms with van der Waals surface area (Å²) in [6.45, 7) is 0.853. The van der Waals surface area contributed by atoms with Crippen LogP contribution in [0.25, 0.3) is 0 Å². The van der Waals surface area contributed by atoms with Crippen LogP contribution in [0.4, 0.5) is 0 Å². The Morgan fingerprint density at radius 1 is 1.24 bits per heavy atom. The van der Waals surface area contributed by atoms with Gasteiger partial charge in [0.2, 0.25) is 0 Å². The van der Waals surface area contributed by atoms with E-state index in [1.807, 2.05) is 0 Å². The number of nitrogens with two attached hydrogens (primary N) is 1. The van der Waals surface area contributed by atoms with Crippen molar-refractivity contribution in [2.45, 2.75) is 56.9 Å². The molecule has 0 bridgehead atoms. The lowest BCUT2D eigenvalue weighted by molar-refractivity contribution is 0.169. The highest BCUT2D eigenvalue weighted by molar-refractivity contribution is 5.42. The lowest BCUT2D eigenvalue weighted by Gasteiger charge is -2.35. The maximum atomic E-state index is 8.84. The van der Waals surface area contributed by atoms with Crippen LogP contribution in [-0.4, -0.2) is 12.6 Å². The van der Waals surface area contributed by atoms with Crippen molar-refractivity contribution in [2.24, 2.45) is 11.7 Å². The van der Waals surface area contributed by atoms with Gasteiger partial charge in [-0.1, -0.05) is 37.8 Å². The van der Waals surface area contributed by atoms with Crippen molar-refractivity contribution in [3.05, 3.63) is 29.3 Å². The first kappa shape index (κ1) is 14.4. The molecule has 3 nitrogen and oxygen atoms in total. The van der Waals surface area contributed by atoms with Gasteiger partial charge in [-0.25, -0.2) is 0 Å². The van der Waals surface area contributed by atoms with Crippen molar-refractivity contribution in [3.63, 3.8) is 0 Å². The smallest absolute Gasteiger partial charge is 0.123 e. The SMILES string of the molecule is N#CC(N)Cc1ccc2c(c1)OCC1CCCCCCC21. The second-order valence-electron chi connectivity index (χ2n) is 6.48. The van der Waals surface area contributed by atoms with E-state index in [9.17, 15) is 0 Å².